The van der Waals surface area contributed by atoms with Crippen LogP contribution in [0.1, 0.15) is 18.5 Å². The van der Waals surface area contributed by atoms with Crippen molar-refractivity contribution in [3.05, 3.63) is 58.1 Å². The van der Waals surface area contributed by atoms with Gasteiger partial charge in [-0.2, -0.15) is 0 Å². The second-order valence-electron chi connectivity index (χ2n) is 4.38. The molecule has 0 heterocycles. The van der Waals surface area contributed by atoms with Crippen molar-refractivity contribution >= 4 is 21.6 Å². The minimum absolute atomic E-state index is 0.306. The van der Waals surface area contributed by atoms with Crippen LogP contribution in [0.3, 0.4) is 0 Å². The number of ether oxygens (including phenoxy) is 1. The van der Waals surface area contributed by atoms with Gasteiger partial charge in [0.2, 0.25) is 0 Å². The fourth-order valence-electron chi connectivity index (χ4n) is 1.91. The van der Waals surface area contributed by atoms with E-state index in [1.54, 1.807) is 18.2 Å². The minimum atomic E-state index is -0.364. The van der Waals surface area contributed by atoms with Crippen molar-refractivity contribution in [2.24, 2.45) is 0 Å². The summed E-state index contributed by atoms with van der Waals surface area (Å²) in [6.07, 6.45) is 0. The van der Waals surface area contributed by atoms with Gasteiger partial charge in [-0.3, -0.25) is 0 Å². The highest BCUT2D eigenvalue weighted by Gasteiger charge is 2.13. The molecule has 1 N–H and O–H groups in total. The van der Waals surface area contributed by atoms with Crippen molar-refractivity contribution in [1.29, 1.82) is 0 Å². The lowest BCUT2D eigenvalue weighted by atomic mass is 10.1. The highest BCUT2D eigenvalue weighted by molar-refractivity contribution is 9.10. The molecule has 0 spiro atoms. The quantitative estimate of drug-likeness (QED) is 0.853. The standard InChI is InChI=1S/C15H14BrF2NO/c1-9(12-5-4-11(20-2)8-14(12)18)19-15-7-10(17)3-6-13(15)16/h3-9,19H,1-2H3. The Hall–Kier alpha value is -1.62. The van der Waals surface area contributed by atoms with E-state index in [-0.39, 0.29) is 17.7 Å². The molecule has 2 nitrogen and oxygen atoms in total. The van der Waals surface area contributed by atoms with E-state index in [0.29, 0.717) is 17.0 Å². The lowest BCUT2D eigenvalue weighted by molar-refractivity contribution is 0.410. The van der Waals surface area contributed by atoms with E-state index in [1.807, 2.05) is 6.92 Å². The Morgan fingerprint density at radius 2 is 1.90 bits per heavy atom. The fourth-order valence-corrected chi connectivity index (χ4v) is 2.27. The molecule has 0 aromatic heterocycles. The Labute approximate surface area is 124 Å². The van der Waals surface area contributed by atoms with Crippen LogP contribution in [0.5, 0.6) is 5.75 Å². The molecule has 2 aromatic rings. The maximum absolute atomic E-state index is 14.0. The van der Waals surface area contributed by atoms with Crippen LogP contribution in [-0.2, 0) is 0 Å². The Morgan fingerprint density at radius 3 is 2.55 bits per heavy atom. The van der Waals surface area contributed by atoms with Gasteiger partial charge in [0.15, 0.2) is 0 Å². The molecule has 5 heteroatoms. The average molecular weight is 342 g/mol. The summed E-state index contributed by atoms with van der Waals surface area (Å²) in [5.74, 6) is -0.250. The molecule has 0 aliphatic rings. The van der Waals surface area contributed by atoms with Gasteiger partial charge < -0.3 is 10.1 Å². The van der Waals surface area contributed by atoms with E-state index in [9.17, 15) is 8.78 Å². The lowest BCUT2D eigenvalue weighted by Crippen LogP contribution is -2.09. The van der Waals surface area contributed by atoms with Gasteiger partial charge >= 0.3 is 0 Å². The molecule has 0 radical (unpaired) electrons. The summed E-state index contributed by atoms with van der Waals surface area (Å²) in [7, 11) is 1.49. The first-order valence-corrected chi connectivity index (χ1v) is 6.85. The third kappa shape index (κ3) is 3.28. The van der Waals surface area contributed by atoms with Gasteiger partial charge in [-0.25, -0.2) is 8.78 Å². The maximum Gasteiger partial charge on any atom is 0.132 e. The van der Waals surface area contributed by atoms with Crippen molar-refractivity contribution in [2.45, 2.75) is 13.0 Å². The van der Waals surface area contributed by atoms with Crippen LogP contribution in [0.2, 0.25) is 0 Å². The fraction of sp³-hybridized carbons (Fsp3) is 0.200. The number of methoxy groups -OCH3 is 1. The molecular formula is C15H14BrF2NO. The number of halogens is 3. The monoisotopic (exact) mass is 341 g/mol. The summed E-state index contributed by atoms with van der Waals surface area (Å²) in [6.45, 7) is 1.81. The van der Waals surface area contributed by atoms with Gasteiger partial charge in [-0.05, 0) is 47.1 Å². The second-order valence-corrected chi connectivity index (χ2v) is 5.23. The van der Waals surface area contributed by atoms with Crippen molar-refractivity contribution in [3.63, 3.8) is 0 Å². The Bertz CT molecular complexity index is 619. The van der Waals surface area contributed by atoms with Gasteiger partial charge in [-0.15, -0.1) is 0 Å². The Morgan fingerprint density at radius 1 is 1.15 bits per heavy atom. The van der Waals surface area contributed by atoms with Gasteiger partial charge in [0.25, 0.3) is 0 Å². The number of anilines is 1. The molecule has 0 bridgehead atoms. The smallest absolute Gasteiger partial charge is 0.132 e. The van der Waals surface area contributed by atoms with E-state index < -0.39 is 0 Å². The molecule has 1 unspecified atom stereocenters. The van der Waals surface area contributed by atoms with Gasteiger partial charge in [0.1, 0.15) is 17.4 Å². The minimum Gasteiger partial charge on any atom is -0.497 e. The number of hydrogen-bond donors (Lipinski definition) is 1. The molecule has 1 atom stereocenters. The van der Waals surface area contributed by atoms with Crippen LogP contribution < -0.4 is 10.1 Å². The predicted octanol–water partition coefficient (Wildman–Crippen LogP) is 4.91. The van der Waals surface area contributed by atoms with E-state index in [2.05, 4.69) is 21.2 Å². The zero-order chi connectivity index (χ0) is 14.7. The first-order chi connectivity index (χ1) is 9.51. The van der Waals surface area contributed by atoms with Crippen LogP contribution >= 0.6 is 15.9 Å². The van der Waals surface area contributed by atoms with Crippen molar-refractivity contribution < 1.29 is 13.5 Å². The van der Waals surface area contributed by atoms with Crippen molar-refractivity contribution in [2.75, 3.05) is 12.4 Å². The molecule has 0 fully saturated rings. The van der Waals surface area contributed by atoms with Gasteiger partial charge in [0.05, 0.1) is 18.8 Å². The van der Waals surface area contributed by atoms with E-state index in [1.165, 1.54) is 25.3 Å². The molecule has 2 rings (SSSR count). The zero-order valence-corrected chi connectivity index (χ0v) is 12.7. The van der Waals surface area contributed by atoms with E-state index in [4.69, 9.17) is 4.74 Å². The molecule has 0 saturated carbocycles. The van der Waals surface area contributed by atoms with Gasteiger partial charge in [0, 0.05) is 16.1 Å². The first-order valence-electron chi connectivity index (χ1n) is 6.06. The molecule has 106 valence electrons. The average Bonchev–Trinajstić information content (AvgIpc) is 2.42. The summed E-state index contributed by atoms with van der Waals surface area (Å²) in [4.78, 5) is 0. The molecule has 0 aliphatic heterocycles. The topological polar surface area (TPSA) is 21.3 Å². The number of benzene rings is 2. The summed E-state index contributed by atoms with van der Waals surface area (Å²) in [5, 5.41) is 3.08. The third-order valence-electron chi connectivity index (χ3n) is 2.97. The second kappa shape index (κ2) is 6.22. The SMILES string of the molecule is COc1ccc(C(C)Nc2cc(F)ccc2Br)c(F)c1. The normalized spacial score (nSPS) is 12.1. The van der Waals surface area contributed by atoms with Crippen LogP contribution in [-0.4, -0.2) is 7.11 Å². The highest BCUT2D eigenvalue weighted by Crippen LogP contribution is 2.29. The summed E-state index contributed by atoms with van der Waals surface area (Å²) in [5.41, 5.74) is 1.06. The molecule has 0 amide bonds. The zero-order valence-electron chi connectivity index (χ0n) is 11.1. The maximum atomic E-state index is 14.0. The number of rotatable bonds is 4. The summed E-state index contributed by atoms with van der Waals surface area (Å²) >= 11 is 3.33. The molecular weight excluding hydrogens is 328 g/mol. The predicted molar refractivity (Wildman–Crippen MR) is 79.1 cm³/mol. The third-order valence-corrected chi connectivity index (χ3v) is 3.67. The number of hydrogen-bond acceptors (Lipinski definition) is 2. The van der Waals surface area contributed by atoms with Crippen LogP contribution in [0, 0.1) is 11.6 Å². The van der Waals surface area contributed by atoms with Gasteiger partial charge in [-0.1, -0.05) is 6.07 Å². The highest BCUT2D eigenvalue weighted by atomic mass is 79.9. The van der Waals surface area contributed by atoms with Crippen molar-refractivity contribution in [1.82, 2.24) is 0 Å². The first kappa shape index (κ1) is 14.8. The summed E-state index contributed by atoms with van der Waals surface area (Å²) in [6, 6.07) is 8.69. The van der Waals surface area contributed by atoms with E-state index >= 15 is 0 Å². The lowest BCUT2D eigenvalue weighted by Gasteiger charge is -2.18. The Balaban J connectivity index is 2.23. The van der Waals surface area contributed by atoms with Crippen LogP contribution in [0.25, 0.3) is 0 Å². The molecule has 2 aromatic carbocycles. The van der Waals surface area contributed by atoms with Crippen LogP contribution in [0.15, 0.2) is 40.9 Å². The van der Waals surface area contributed by atoms with Crippen LogP contribution in [0.4, 0.5) is 14.5 Å². The molecule has 20 heavy (non-hydrogen) atoms. The van der Waals surface area contributed by atoms with Crippen molar-refractivity contribution in [3.8, 4) is 5.75 Å². The Kier molecular flexibility index (Phi) is 4.60. The van der Waals surface area contributed by atoms with E-state index in [0.717, 1.165) is 4.47 Å². The molecule has 0 saturated heterocycles. The summed E-state index contributed by atoms with van der Waals surface area (Å²) < 4.78 is 32.9. The number of nitrogens with one attached hydrogen (secondary N) is 1. The largest absolute Gasteiger partial charge is 0.497 e. The molecule has 0 aliphatic carbocycles.